The van der Waals surface area contributed by atoms with Gasteiger partial charge in [-0.05, 0) is 12.1 Å². The molecule has 0 aliphatic rings. The summed E-state index contributed by atoms with van der Waals surface area (Å²) in [5.41, 5.74) is 6.43. The van der Waals surface area contributed by atoms with Gasteiger partial charge in [0.15, 0.2) is 11.5 Å². The zero-order chi connectivity index (χ0) is 13.0. The van der Waals surface area contributed by atoms with Gasteiger partial charge in [-0.25, -0.2) is 0 Å². The van der Waals surface area contributed by atoms with E-state index in [-0.39, 0.29) is 40.1 Å². The largest absolute Gasteiger partial charge is 0.494 e. The summed E-state index contributed by atoms with van der Waals surface area (Å²) in [5, 5.41) is 2.46. The van der Waals surface area contributed by atoms with Crippen molar-refractivity contribution in [2.45, 2.75) is 0 Å². The van der Waals surface area contributed by atoms with Gasteiger partial charge in [0.2, 0.25) is 0 Å². The van der Waals surface area contributed by atoms with E-state index < -0.39 is 0 Å². The van der Waals surface area contributed by atoms with E-state index >= 15 is 0 Å². The molecule has 0 aliphatic heterocycles. The van der Waals surface area contributed by atoms with E-state index in [1.165, 1.54) is 26.3 Å². The smallest absolute Gasteiger partial charge is 0.254 e. The minimum Gasteiger partial charge on any atom is -0.494 e. The number of hydrogen-bond acceptors (Lipinski definition) is 4. The molecular formula is C11H13ClN2O3. The maximum atomic E-state index is 11.5. The number of carbonyl (C=O) groups is 2. The van der Waals surface area contributed by atoms with Crippen LogP contribution in [0, 0.1) is 0 Å². The SMILES string of the molecule is CNC(=O)c1ccc(C(=O)CCl)c(N)c1OC. The second kappa shape index (κ2) is 5.54. The number of nitrogens with two attached hydrogens (primary N) is 1. The third kappa shape index (κ3) is 2.50. The number of alkyl halides is 1. The Morgan fingerprint density at radius 2 is 2.00 bits per heavy atom. The van der Waals surface area contributed by atoms with Gasteiger partial charge in [0.05, 0.1) is 24.2 Å². The molecular weight excluding hydrogens is 244 g/mol. The Morgan fingerprint density at radius 3 is 2.47 bits per heavy atom. The first-order valence-corrected chi connectivity index (χ1v) is 5.38. The molecule has 0 aliphatic carbocycles. The Morgan fingerprint density at radius 1 is 1.41 bits per heavy atom. The quantitative estimate of drug-likeness (QED) is 0.479. The molecule has 0 heterocycles. The second-order valence-corrected chi connectivity index (χ2v) is 3.51. The number of hydrogen-bond donors (Lipinski definition) is 2. The Hall–Kier alpha value is -1.75. The lowest BCUT2D eigenvalue weighted by molar-refractivity contribution is 0.0957. The standard InChI is InChI=1S/C11H13ClN2O3/c1-14-11(16)7-4-3-6(8(15)5-12)9(13)10(7)17-2/h3-4H,5,13H2,1-2H3,(H,14,16). The highest BCUT2D eigenvalue weighted by Crippen LogP contribution is 2.30. The molecule has 0 spiro atoms. The first kappa shape index (κ1) is 13.3. The summed E-state index contributed by atoms with van der Waals surface area (Å²) in [6.07, 6.45) is 0. The molecule has 0 saturated heterocycles. The van der Waals surface area contributed by atoms with E-state index in [4.69, 9.17) is 22.1 Å². The molecule has 92 valence electrons. The number of Topliss-reactive ketones (excluding diaryl/α,β-unsaturated/α-hetero) is 1. The number of anilines is 1. The van der Waals surface area contributed by atoms with Crippen LogP contribution in [-0.2, 0) is 0 Å². The number of ether oxygens (including phenoxy) is 1. The minimum atomic E-state index is -0.335. The van der Waals surface area contributed by atoms with Crippen molar-refractivity contribution < 1.29 is 14.3 Å². The van der Waals surface area contributed by atoms with Crippen LogP contribution in [0.4, 0.5) is 5.69 Å². The molecule has 3 N–H and O–H groups in total. The van der Waals surface area contributed by atoms with Crippen LogP contribution in [0.2, 0.25) is 0 Å². The molecule has 0 aromatic heterocycles. The number of methoxy groups -OCH3 is 1. The summed E-state index contributed by atoms with van der Waals surface area (Å²) in [6, 6.07) is 2.95. The minimum absolute atomic E-state index is 0.124. The number of rotatable bonds is 4. The molecule has 1 aromatic rings. The van der Waals surface area contributed by atoms with Crippen molar-refractivity contribution >= 4 is 29.0 Å². The van der Waals surface area contributed by atoms with Crippen molar-refractivity contribution in [2.24, 2.45) is 0 Å². The summed E-state index contributed by atoms with van der Waals surface area (Å²) in [4.78, 5) is 23.0. The lowest BCUT2D eigenvalue weighted by Crippen LogP contribution is -2.20. The fraction of sp³-hybridized carbons (Fsp3) is 0.273. The van der Waals surface area contributed by atoms with Crippen LogP contribution in [0.3, 0.4) is 0 Å². The number of halogens is 1. The highest BCUT2D eigenvalue weighted by atomic mass is 35.5. The van der Waals surface area contributed by atoms with Crippen molar-refractivity contribution in [1.29, 1.82) is 0 Å². The van der Waals surface area contributed by atoms with Crippen molar-refractivity contribution in [2.75, 3.05) is 25.8 Å². The van der Waals surface area contributed by atoms with Gasteiger partial charge >= 0.3 is 0 Å². The van der Waals surface area contributed by atoms with E-state index in [0.717, 1.165) is 0 Å². The molecule has 0 fully saturated rings. The normalized spacial score (nSPS) is 9.82. The number of benzene rings is 1. The van der Waals surface area contributed by atoms with Crippen molar-refractivity contribution in [3.05, 3.63) is 23.3 Å². The van der Waals surface area contributed by atoms with Gasteiger partial charge in [-0.2, -0.15) is 0 Å². The highest BCUT2D eigenvalue weighted by Gasteiger charge is 2.19. The molecule has 17 heavy (non-hydrogen) atoms. The van der Waals surface area contributed by atoms with Crippen LogP contribution in [0.1, 0.15) is 20.7 Å². The van der Waals surface area contributed by atoms with Crippen molar-refractivity contribution in [3.8, 4) is 5.75 Å². The predicted molar refractivity (Wildman–Crippen MR) is 65.8 cm³/mol. The number of ketones is 1. The number of amides is 1. The molecule has 0 unspecified atom stereocenters. The zero-order valence-corrected chi connectivity index (χ0v) is 10.3. The maximum Gasteiger partial charge on any atom is 0.254 e. The summed E-state index contributed by atoms with van der Waals surface area (Å²) >= 11 is 5.46. The van der Waals surface area contributed by atoms with Gasteiger partial charge in [-0.1, -0.05) is 0 Å². The fourth-order valence-corrected chi connectivity index (χ4v) is 1.59. The topological polar surface area (TPSA) is 81.4 Å². The van der Waals surface area contributed by atoms with Crippen molar-refractivity contribution in [3.63, 3.8) is 0 Å². The van der Waals surface area contributed by atoms with Crippen LogP contribution in [0.5, 0.6) is 5.75 Å². The Kier molecular flexibility index (Phi) is 4.34. The van der Waals surface area contributed by atoms with Gasteiger partial charge in [-0.15, -0.1) is 11.6 Å². The first-order valence-electron chi connectivity index (χ1n) is 4.84. The van der Waals surface area contributed by atoms with Gasteiger partial charge < -0.3 is 15.8 Å². The Labute approximate surface area is 104 Å². The molecule has 1 rings (SSSR count). The van der Waals surface area contributed by atoms with Crippen LogP contribution >= 0.6 is 11.6 Å². The summed E-state index contributed by atoms with van der Waals surface area (Å²) in [6.45, 7) is 0. The third-order valence-electron chi connectivity index (χ3n) is 2.29. The van der Waals surface area contributed by atoms with Gasteiger partial charge in [0.25, 0.3) is 5.91 Å². The van der Waals surface area contributed by atoms with E-state index in [1.54, 1.807) is 0 Å². The average Bonchev–Trinajstić information content (AvgIpc) is 2.36. The highest BCUT2D eigenvalue weighted by molar-refractivity contribution is 6.31. The lowest BCUT2D eigenvalue weighted by Gasteiger charge is -2.12. The second-order valence-electron chi connectivity index (χ2n) is 3.24. The molecule has 0 bridgehead atoms. The van der Waals surface area contributed by atoms with Crippen molar-refractivity contribution in [1.82, 2.24) is 5.32 Å². The number of carbonyl (C=O) groups excluding carboxylic acids is 2. The molecule has 0 saturated carbocycles. The fourth-order valence-electron chi connectivity index (χ4n) is 1.45. The molecule has 1 aromatic carbocycles. The van der Waals surface area contributed by atoms with E-state index in [0.29, 0.717) is 0 Å². The number of nitrogens with one attached hydrogen (secondary N) is 1. The predicted octanol–water partition coefficient (Wildman–Crippen LogP) is 1.06. The third-order valence-corrected chi connectivity index (χ3v) is 2.54. The van der Waals surface area contributed by atoms with Gasteiger partial charge in [0, 0.05) is 12.6 Å². The monoisotopic (exact) mass is 256 g/mol. The summed E-state index contributed by atoms with van der Waals surface area (Å²) < 4.78 is 5.05. The summed E-state index contributed by atoms with van der Waals surface area (Å²) in [7, 11) is 2.88. The maximum absolute atomic E-state index is 11.5. The van der Waals surface area contributed by atoms with Crippen LogP contribution < -0.4 is 15.8 Å². The molecule has 5 nitrogen and oxygen atoms in total. The average molecular weight is 257 g/mol. The first-order chi connectivity index (χ1) is 8.06. The molecule has 0 atom stereocenters. The van der Waals surface area contributed by atoms with E-state index in [9.17, 15) is 9.59 Å². The van der Waals surface area contributed by atoms with Gasteiger partial charge in [-0.3, -0.25) is 9.59 Å². The van der Waals surface area contributed by atoms with Crippen LogP contribution in [0.25, 0.3) is 0 Å². The van der Waals surface area contributed by atoms with Crippen LogP contribution in [0.15, 0.2) is 12.1 Å². The lowest BCUT2D eigenvalue weighted by atomic mass is 10.0. The van der Waals surface area contributed by atoms with E-state index in [1.807, 2.05) is 0 Å². The number of nitrogen functional groups attached to an aromatic ring is 1. The van der Waals surface area contributed by atoms with Crippen LogP contribution in [-0.4, -0.2) is 31.7 Å². The Bertz CT molecular complexity index is 460. The zero-order valence-electron chi connectivity index (χ0n) is 9.54. The Balaban J connectivity index is 3.36. The van der Waals surface area contributed by atoms with Gasteiger partial charge in [0.1, 0.15) is 0 Å². The summed E-state index contributed by atoms with van der Waals surface area (Å²) in [5.74, 6) is -0.642. The molecule has 0 radical (unpaired) electrons. The van der Waals surface area contributed by atoms with E-state index in [2.05, 4.69) is 5.32 Å². The molecule has 6 heteroatoms. The molecule has 1 amide bonds.